The van der Waals surface area contributed by atoms with E-state index in [0.29, 0.717) is 13.1 Å². The predicted octanol–water partition coefficient (Wildman–Crippen LogP) is 1.25. The largest absolute Gasteiger partial charge is 0.342 e. The smallest absolute Gasteiger partial charge is 0.256 e. The Morgan fingerprint density at radius 3 is 2.73 bits per heavy atom. The van der Waals surface area contributed by atoms with Gasteiger partial charge in [0.05, 0.1) is 5.56 Å². The maximum Gasteiger partial charge on any atom is 0.256 e. The van der Waals surface area contributed by atoms with Crippen molar-refractivity contribution in [2.24, 2.45) is 5.73 Å². The molecule has 1 amide bonds. The summed E-state index contributed by atoms with van der Waals surface area (Å²) in [6.45, 7) is 1.07. The number of carbonyl (C=O) groups is 1. The molecule has 2 N–H and O–H groups in total. The molecule has 0 aliphatic rings. The number of hydrogen-bond donors (Lipinski definition) is 1. The zero-order valence-electron chi connectivity index (χ0n) is 8.74. The first-order valence-corrected chi connectivity index (χ1v) is 4.87. The van der Waals surface area contributed by atoms with Crippen molar-refractivity contribution in [2.45, 2.75) is 6.42 Å². The van der Waals surface area contributed by atoms with Gasteiger partial charge in [-0.15, -0.1) is 0 Å². The van der Waals surface area contributed by atoms with Crippen LogP contribution in [0.25, 0.3) is 0 Å². The van der Waals surface area contributed by atoms with E-state index in [1.165, 1.54) is 17.0 Å². The Labute approximate surface area is 88.7 Å². The van der Waals surface area contributed by atoms with Gasteiger partial charge < -0.3 is 10.6 Å². The maximum atomic E-state index is 13.3. The minimum absolute atomic E-state index is 0.108. The lowest BCUT2D eigenvalue weighted by Crippen LogP contribution is -2.29. The molecule has 3 nitrogen and oxygen atoms in total. The molecule has 0 unspecified atom stereocenters. The van der Waals surface area contributed by atoms with E-state index in [1.54, 1.807) is 19.2 Å². The van der Waals surface area contributed by atoms with Gasteiger partial charge in [-0.3, -0.25) is 4.79 Å². The van der Waals surface area contributed by atoms with Crippen molar-refractivity contribution in [3.8, 4) is 0 Å². The molecule has 0 spiro atoms. The van der Waals surface area contributed by atoms with Crippen molar-refractivity contribution >= 4 is 5.91 Å². The van der Waals surface area contributed by atoms with Crippen LogP contribution in [0.4, 0.5) is 4.39 Å². The minimum Gasteiger partial charge on any atom is -0.342 e. The Morgan fingerprint density at radius 1 is 1.47 bits per heavy atom. The van der Waals surface area contributed by atoms with Gasteiger partial charge in [0.2, 0.25) is 0 Å². The van der Waals surface area contributed by atoms with E-state index in [-0.39, 0.29) is 11.5 Å². The van der Waals surface area contributed by atoms with Gasteiger partial charge in [0, 0.05) is 13.6 Å². The summed E-state index contributed by atoms with van der Waals surface area (Å²) >= 11 is 0. The molecule has 0 atom stereocenters. The van der Waals surface area contributed by atoms with Gasteiger partial charge in [-0.25, -0.2) is 4.39 Å². The summed E-state index contributed by atoms with van der Waals surface area (Å²) in [4.78, 5) is 13.2. The topological polar surface area (TPSA) is 46.3 Å². The first kappa shape index (κ1) is 11.7. The number of amides is 1. The van der Waals surface area contributed by atoms with Gasteiger partial charge in [0.1, 0.15) is 5.82 Å². The second kappa shape index (κ2) is 5.46. The highest BCUT2D eigenvalue weighted by atomic mass is 19.1. The lowest BCUT2D eigenvalue weighted by Gasteiger charge is -2.16. The molecule has 0 bridgehead atoms. The van der Waals surface area contributed by atoms with Crippen molar-refractivity contribution in [3.63, 3.8) is 0 Å². The highest BCUT2D eigenvalue weighted by molar-refractivity contribution is 5.94. The van der Waals surface area contributed by atoms with E-state index < -0.39 is 5.82 Å². The van der Waals surface area contributed by atoms with Gasteiger partial charge in [-0.05, 0) is 25.1 Å². The third kappa shape index (κ3) is 3.02. The summed E-state index contributed by atoms with van der Waals surface area (Å²) in [5, 5.41) is 0. The molecule has 0 aliphatic carbocycles. The van der Waals surface area contributed by atoms with Crippen LogP contribution in [0, 0.1) is 5.82 Å². The van der Waals surface area contributed by atoms with Gasteiger partial charge in [-0.2, -0.15) is 0 Å². The monoisotopic (exact) mass is 210 g/mol. The molecule has 0 radical (unpaired) electrons. The van der Waals surface area contributed by atoms with Crippen molar-refractivity contribution in [2.75, 3.05) is 20.1 Å². The van der Waals surface area contributed by atoms with Crippen LogP contribution in [-0.4, -0.2) is 30.9 Å². The summed E-state index contributed by atoms with van der Waals surface area (Å²) in [6.07, 6.45) is 0.719. The Balaban J connectivity index is 2.72. The normalized spacial score (nSPS) is 10.1. The number of halogens is 1. The molecule has 1 aromatic rings. The zero-order chi connectivity index (χ0) is 11.3. The molecule has 15 heavy (non-hydrogen) atoms. The fraction of sp³-hybridized carbons (Fsp3) is 0.364. The molecular formula is C11H15FN2O. The molecule has 0 heterocycles. The van der Waals surface area contributed by atoms with Crippen LogP contribution in [0.3, 0.4) is 0 Å². The fourth-order valence-electron chi connectivity index (χ4n) is 1.27. The van der Waals surface area contributed by atoms with E-state index in [9.17, 15) is 9.18 Å². The fourth-order valence-corrected chi connectivity index (χ4v) is 1.27. The van der Waals surface area contributed by atoms with E-state index in [2.05, 4.69) is 0 Å². The first-order valence-electron chi connectivity index (χ1n) is 4.87. The molecule has 0 aromatic heterocycles. The summed E-state index contributed by atoms with van der Waals surface area (Å²) in [7, 11) is 1.64. The molecule has 82 valence electrons. The highest BCUT2D eigenvalue weighted by Gasteiger charge is 2.14. The number of hydrogen-bond acceptors (Lipinski definition) is 2. The van der Waals surface area contributed by atoms with Crippen LogP contribution in [0.15, 0.2) is 24.3 Å². The SMILES string of the molecule is CN(CCCN)C(=O)c1ccccc1F. The van der Waals surface area contributed by atoms with E-state index in [4.69, 9.17) is 5.73 Å². The Hall–Kier alpha value is -1.42. The third-order valence-electron chi connectivity index (χ3n) is 2.15. The van der Waals surface area contributed by atoms with Crippen LogP contribution in [-0.2, 0) is 0 Å². The van der Waals surface area contributed by atoms with Crippen LogP contribution >= 0.6 is 0 Å². The van der Waals surface area contributed by atoms with Crippen LogP contribution < -0.4 is 5.73 Å². The standard InChI is InChI=1S/C11H15FN2O/c1-14(8-4-7-13)11(15)9-5-2-3-6-10(9)12/h2-3,5-6H,4,7-8,13H2,1H3. The van der Waals surface area contributed by atoms with Crippen molar-refractivity contribution < 1.29 is 9.18 Å². The lowest BCUT2D eigenvalue weighted by molar-refractivity contribution is 0.0790. The summed E-state index contributed by atoms with van der Waals surface area (Å²) in [5.74, 6) is -0.788. The number of benzene rings is 1. The molecule has 4 heteroatoms. The van der Waals surface area contributed by atoms with Crippen molar-refractivity contribution in [3.05, 3.63) is 35.6 Å². The van der Waals surface area contributed by atoms with Gasteiger partial charge in [0.15, 0.2) is 0 Å². The average molecular weight is 210 g/mol. The van der Waals surface area contributed by atoms with Crippen molar-refractivity contribution in [1.82, 2.24) is 4.90 Å². The quantitative estimate of drug-likeness (QED) is 0.812. The van der Waals surface area contributed by atoms with E-state index in [1.807, 2.05) is 0 Å². The van der Waals surface area contributed by atoms with E-state index in [0.717, 1.165) is 6.42 Å². The molecule has 0 aliphatic heterocycles. The highest BCUT2D eigenvalue weighted by Crippen LogP contribution is 2.08. The predicted molar refractivity (Wildman–Crippen MR) is 57.0 cm³/mol. The van der Waals surface area contributed by atoms with Gasteiger partial charge in [0.25, 0.3) is 5.91 Å². The van der Waals surface area contributed by atoms with Crippen molar-refractivity contribution in [1.29, 1.82) is 0 Å². The Bertz CT molecular complexity index is 341. The maximum absolute atomic E-state index is 13.3. The molecular weight excluding hydrogens is 195 g/mol. The number of nitrogens with two attached hydrogens (primary N) is 1. The second-order valence-corrected chi connectivity index (χ2v) is 3.35. The molecule has 1 aromatic carbocycles. The summed E-state index contributed by atoms with van der Waals surface area (Å²) < 4.78 is 13.3. The van der Waals surface area contributed by atoms with Crippen LogP contribution in [0.1, 0.15) is 16.8 Å². The Morgan fingerprint density at radius 2 is 2.13 bits per heavy atom. The number of nitrogens with zero attached hydrogens (tertiary/aromatic N) is 1. The van der Waals surface area contributed by atoms with Crippen LogP contribution in [0.5, 0.6) is 0 Å². The van der Waals surface area contributed by atoms with Crippen LogP contribution in [0.2, 0.25) is 0 Å². The van der Waals surface area contributed by atoms with Gasteiger partial charge in [-0.1, -0.05) is 12.1 Å². The van der Waals surface area contributed by atoms with Gasteiger partial charge >= 0.3 is 0 Å². The minimum atomic E-state index is -0.484. The third-order valence-corrected chi connectivity index (χ3v) is 2.15. The average Bonchev–Trinajstić information content (AvgIpc) is 2.25. The molecule has 0 saturated heterocycles. The zero-order valence-corrected chi connectivity index (χ0v) is 8.74. The number of carbonyl (C=O) groups excluding carboxylic acids is 1. The summed E-state index contributed by atoms with van der Waals surface area (Å²) in [5.41, 5.74) is 5.44. The number of rotatable bonds is 4. The lowest BCUT2D eigenvalue weighted by atomic mass is 10.2. The first-order chi connectivity index (χ1) is 7.16. The molecule has 0 saturated carbocycles. The molecule has 0 fully saturated rings. The second-order valence-electron chi connectivity index (χ2n) is 3.35. The summed E-state index contributed by atoms with van der Waals surface area (Å²) in [6, 6.07) is 5.97. The Kier molecular flexibility index (Phi) is 4.24. The molecule has 1 rings (SSSR count). The van der Waals surface area contributed by atoms with E-state index >= 15 is 0 Å².